The molecule has 0 bridgehead atoms. The van der Waals surface area contributed by atoms with Crippen LogP contribution in [0.5, 0.6) is 0 Å². The maximum atomic E-state index is 13.0. The number of thiazole rings is 1. The number of fused-ring (bicyclic) bond motifs is 1. The monoisotopic (exact) mass is 535 g/mol. The summed E-state index contributed by atoms with van der Waals surface area (Å²) < 4.78 is 0. The van der Waals surface area contributed by atoms with E-state index >= 15 is 0 Å². The molecule has 2 amide bonds. The molecule has 0 saturated carbocycles. The average Bonchev–Trinajstić information content (AvgIpc) is 3.29. The van der Waals surface area contributed by atoms with Crippen LogP contribution in [-0.4, -0.2) is 80.2 Å². The number of aromatic nitrogens is 2. The fourth-order valence-corrected chi connectivity index (χ4v) is 6.65. The maximum Gasteiger partial charge on any atom is 0.352 e. The fraction of sp³-hybridized carbons (Fsp3) is 0.300. The number of pyridine rings is 1. The highest BCUT2D eigenvalue weighted by atomic mass is 32.2. The standard InChI is InChI=1S/C20H21N7O5S3/c1-22-16(35-9-3-5-23-6-4-9)10-7-33-18-13(17(29)27(18)14(10)19(30)31)25-15(28)12(26-32-2)11-8-34-20(21)24-11/h3-6,8,13,16,18,22H,7H2,1-2H3,(H2,21,24)(H,25,28)(H,30,31)/b26-12-/t13-,16?,18-/m1/s1. The Morgan fingerprint density at radius 2 is 2.14 bits per heavy atom. The Bertz CT molecular complexity index is 1200. The number of carbonyl (C=O) groups is 3. The van der Waals surface area contributed by atoms with Gasteiger partial charge in [0.05, 0.1) is 5.37 Å². The first-order valence-corrected chi connectivity index (χ1v) is 12.9. The number of hydrogen-bond donors (Lipinski definition) is 4. The SMILES string of the molecule is CNC(Sc1ccncc1)C1=C(C(=O)O)N2C(=O)[C@@H](NC(=O)/C(=N\OC)c3csc(N)n3)[C@H]2SC1. The van der Waals surface area contributed by atoms with E-state index in [4.69, 9.17) is 10.6 Å². The van der Waals surface area contributed by atoms with Crippen LogP contribution in [0.1, 0.15) is 5.69 Å². The van der Waals surface area contributed by atoms with Crippen LogP contribution in [0.25, 0.3) is 0 Å². The van der Waals surface area contributed by atoms with Crippen molar-refractivity contribution in [3.05, 3.63) is 46.9 Å². The Labute approximate surface area is 212 Å². The smallest absolute Gasteiger partial charge is 0.352 e. The number of rotatable bonds is 9. The molecule has 0 spiro atoms. The lowest BCUT2D eigenvalue weighted by molar-refractivity contribution is -0.150. The van der Waals surface area contributed by atoms with Crippen LogP contribution in [0, 0.1) is 0 Å². The second kappa shape index (κ2) is 10.6. The van der Waals surface area contributed by atoms with Gasteiger partial charge in [-0.2, -0.15) is 0 Å². The number of nitrogens with zero attached hydrogens (tertiary/aromatic N) is 4. The molecule has 2 aliphatic heterocycles. The first-order chi connectivity index (χ1) is 16.8. The molecular weight excluding hydrogens is 514 g/mol. The lowest BCUT2D eigenvalue weighted by Gasteiger charge is -2.50. The van der Waals surface area contributed by atoms with E-state index in [0.717, 1.165) is 16.2 Å². The molecule has 0 radical (unpaired) electrons. The molecule has 2 aromatic rings. The quantitative estimate of drug-likeness (QED) is 0.116. The number of thioether (sulfide) groups is 2. The Balaban J connectivity index is 1.55. The van der Waals surface area contributed by atoms with Crippen molar-refractivity contribution in [2.45, 2.75) is 21.7 Å². The van der Waals surface area contributed by atoms with Gasteiger partial charge >= 0.3 is 5.97 Å². The van der Waals surface area contributed by atoms with E-state index < -0.39 is 29.2 Å². The summed E-state index contributed by atoms with van der Waals surface area (Å²) in [4.78, 5) is 53.1. The van der Waals surface area contributed by atoms with Gasteiger partial charge in [0.1, 0.15) is 29.9 Å². The van der Waals surface area contributed by atoms with E-state index in [2.05, 4.69) is 25.8 Å². The maximum absolute atomic E-state index is 13.0. The van der Waals surface area contributed by atoms with Crippen molar-refractivity contribution in [3.8, 4) is 0 Å². The van der Waals surface area contributed by atoms with Gasteiger partial charge in [0, 0.05) is 28.4 Å². The minimum atomic E-state index is -1.21. The number of β-lactam (4-membered cyclic amide) rings is 1. The summed E-state index contributed by atoms with van der Waals surface area (Å²) in [6, 6.07) is 2.72. The predicted octanol–water partition coefficient (Wildman–Crippen LogP) is 0.547. The van der Waals surface area contributed by atoms with Crippen molar-refractivity contribution in [1.29, 1.82) is 0 Å². The number of aliphatic carboxylic acids is 1. The molecule has 0 aromatic carbocycles. The van der Waals surface area contributed by atoms with Gasteiger partial charge in [0.15, 0.2) is 10.8 Å². The van der Waals surface area contributed by atoms with Crippen molar-refractivity contribution < 1.29 is 24.3 Å². The number of oxime groups is 1. The molecule has 4 rings (SSSR count). The van der Waals surface area contributed by atoms with Gasteiger partial charge in [0.2, 0.25) is 0 Å². The second-order valence-electron chi connectivity index (χ2n) is 7.20. The Kier molecular flexibility index (Phi) is 7.59. The van der Waals surface area contributed by atoms with E-state index in [1.165, 1.54) is 35.5 Å². The number of carboxylic acids is 1. The third kappa shape index (κ3) is 4.98. The van der Waals surface area contributed by atoms with Gasteiger partial charge in [-0.15, -0.1) is 34.9 Å². The molecule has 5 N–H and O–H groups in total. The summed E-state index contributed by atoms with van der Waals surface area (Å²) in [6.45, 7) is 0. The average molecular weight is 536 g/mol. The molecule has 35 heavy (non-hydrogen) atoms. The van der Waals surface area contributed by atoms with Crippen LogP contribution in [0.15, 0.2) is 51.2 Å². The molecule has 0 aliphatic carbocycles. The van der Waals surface area contributed by atoms with Gasteiger partial charge in [-0.05, 0) is 24.8 Å². The summed E-state index contributed by atoms with van der Waals surface area (Å²) in [5.41, 5.74) is 6.22. The van der Waals surface area contributed by atoms with Gasteiger partial charge in [-0.25, -0.2) is 9.78 Å². The highest BCUT2D eigenvalue weighted by Gasteiger charge is 2.55. The molecule has 12 nitrogen and oxygen atoms in total. The van der Waals surface area contributed by atoms with E-state index in [1.807, 2.05) is 12.1 Å². The lowest BCUT2D eigenvalue weighted by atomic mass is 10.0. The van der Waals surface area contributed by atoms with Crippen molar-refractivity contribution >= 4 is 63.5 Å². The number of carboxylic acid groups (broad SMARTS) is 1. The summed E-state index contributed by atoms with van der Waals surface area (Å²) >= 11 is 3.93. The molecule has 3 atom stereocenters. The first kappa shape index (κ1) is 25.0. The van der Waals surface area contributed by atoms with E-state index in [1.54, 1.807) is 24.8 Å². The van der Waals surface area contributed by atoms with Gasteiger partial charge in [-0.1, -0.05) is 5.16 Å². The Hall–Kier alpha value is -3.14. The highest BCUT2D eigenvalue weighted by molar-refractivity contribution is 8.01. The van der Waals surface area contributed by atoms with Crippen molar-refractivity contribution in [2.75, 3.05) is 25.6 Å². The number of nitrogens with two attached hydrogens (primary N) is 1. The number of likely N-dealkylation sites (N-methyl/N-ethyl adjacent to an activating group) is 1. The second-order valence-corrected chi connectivity index (χ2v) is 10.4. The number of amides is 2. The van der Waals surface area contributed by atoms with E-state index in [-0.39, 0.29) is 27.6 Å². The summed E-state index contributed by atoms with van der Waals surface area (Å²) in [6.07, 6.45) is 3.31. The van der Waals surface area contributed by atoms with Crippen LogP contribution in [0.3, 0.4) is 0 Å². The van der Waals surface area contributed by atoms with Crippen LogP contribution in [0.2, 0.25) is 0 Å². The van der Waals surface area contributed by atoms with Gasteiger partial charge in [-0.3, -0.25) is 19.5 Å². The number of nitrogens with one attached hydrogen (secondary N) is 2. The number of anilines is 1. The fourth-order valence-electron chi connectivity index (χ4n) is 3.60. The van der Waals surface area contributed by atoms with E-state index in [9.17, 15) is 19.5 Å². The highest BCUT2D eigenvalue weighted by Crippen LogP contribution is 2.43. The Morgan fingerprint density at radius 1 is 1.40 bits per heavy atom. The molecule has 2 aromatic heterocycles. The Morgan fingerprint density at radius 3 is 2.74 bits per heavy atom. The minimum Gasteiger partial charge on any atom is -0.477 e. The molecular formula is C20H21N7O5S3. The number of nitrogen functional groups attached to an aromatic ring is 1. The first-order valence-electron chi connectivity index (χ1n) is 10.1. The zero-order valence-corrected chi connectivity index (χ0v) is 20.9. The van der Waals surface area contributed by atoms with Crippen LogP contribution < -0.4 is 16.4 Å². The molecule has 15 heteroatoms. The topological polar surface area (TPSA) is 172 Å². The van der Waals surface area contributed by atoms with Gasteiger partial charge < -0.3 is 26.3 Å². The molecule has 1 unspecified atom stereocenters. The number of carbonyl (C=O) groups excluding carboxylic acids is 2. The largest absolute Gasteiger partial charge is 0.477 e. The van der Waals surface area contributed by atoms with Crippen molar-refractivity contribution in [1.82, 2.24) is 25.5 Å². The summed E-state index contributed by atoms with van der Waals surface area (Å²) in [5.74, 6) is -2.06. The normalized spacial score (nSPS) is 20.7. The molecule has 184 valence electrons. The van der Waals surface area contributed by atoms with Gasteiger partial charge in [0.25, 0.3) is 11.8 Å². The summed E-state index contributed by atoms with van der Waals surface area (Å²) in [5, 5.41) is 20.3. The summed E-state index contributed by atoms with van der Waals surface area (Å²) in [7, 11) is 3.01. The molecule has 1 saturated heterocycles. The van der Waals surface area contributed by atoms with Crippen molar-refractivity contribution in [3.63, 3.8) is 0 Å². The predicted molar refractivity (Wildman–Crippen MR) is 133 cm³/mol. The zero-order chi connectivity index (χ0) is 25.1. The molecule has 1 fully saturated rings. The van der Waals surface area contributed by atoms with E-state index in [0.29, 0.717) is 11.3 Å². The number of hydrogen-bond acceptors (Lipinski definition) is 12. The van der Waals surface area contributed by atoms with Crippen LogP contribution in [0.4, 0.5) is 5.13 Å². The van der Waals surface area contributed by atoms with Crippen molar-refractivity contribution in [2.24, 2.45) is 5.16 Å². The van der Waals surface area contributed by atoms with Crippen LogP contribution >= 0.6 is 34.9 Å². The lowest BCUT2D eigenvalue weighted by Crippen LogP contribution is -2.71. The van der Waals surface area contributed by atoms with Crippen LogP contribution in [-0.2, 0) is 19.2 Å². The minimum absolute atomic E-state index is 0.0804. The molecule has 4 heterocycles. The zero-order valence-electron chi connectivity index (χ0n) is 18.5. The third-order valence-corrected chi connectivity index (χ3v) is 8.41. The third-order valence-electron chi connectivity index (χ3n) is 5.13. The molecule has 2 aliphatic rings.